The lowest BCUT2D eigenvalue weighted by molar-refractivity contribution is 0.515. The maximum atomic E-state index is 4.40. The Hall–Kier alpha value is -1.39. The summed E-state index contributed by atoms with van der Waals surface area (Å²) in [4.78, 5) is 4.40. The predicted molar refractivity (Wildman–Crippen MR) is 78.3 cm³/mol. The second-order valence-electron chi connectivity index (χ2n) is 5.49. The number of fused-ring (bicyclic) bond motifs is 1. The fourth-order valence-corrected chi connectivity index (χ4v) is 2.76. The fourth-order valence-electron chi connectivity index (χ4n) is 2.76. The molecule has 1 atom stereocenters. The molecule has 2 heterocycles. The smallest absolute Gasteiger partial charge is 0.0955 e. The minimum atomic E-state index is 0.818. The summed E-state index contributed by atoms with van der Waals surface area (Å²) >= 11 is 0. The average molecular weight is 258 g/mol. The van der Waals surface area contributed by atoms with Gasteiger partial charge in [0.05, 0.1) is 17.4 Å². The van der Waals surface area contributed by atoms with Gasteiger partial charge in [-0.05, 0) is 62.6 Å². The van der Waals surface area contributed by atoms with Crippen LogP contribution in [0.1, 0.15) is 12.0 Å². The van der Waals surface area contributed by atoms with E-state index in [1.54, 1.807) is 0 Å². The molecule has 0 amide bonds. The van der Waals surface area contributed by atoms with E-state index in [0.29, 0.717) is 0 Å². The molecule has 4 heteroatoms. The third kappa shape index (κ3) is 2.96. The normalized spacial score (nSPS) is 19.3. The largest absolute Gasteiger partial charge is 0.334 e. The van der Waals surface area contributed by atoms with Gasteiger partial charge in [0.1, 0.15) is 0 Å². The molecule has 2 N–H and O–H groups in total. The zero-order valence-electron chi connectivity index (χ0n) is 11.5. The number of aromatic nitrogens is 2. The molecule has 1 aromatic heterocycles. The van der Waals surface area contributed by atoms with Crippen LogP contribution in [0.4, 0.5) is 0 Å². The first-order chi connectivity index (χ1) is 9.33. The molecule has 0 bridgehead atoms. The van der Waals surface area contributed by atoms with Gasteiger partial charge in [0.25, 0.3) is 0 Å². The lowest BCUT2D eigenvalue weighted by Crippen LogP contribution is -2.26. The first-order valence-electron chi connectivity index (χ1n) is 7.14. The molecule has 1 aliphatic heterocycles. The van der Waals surface area contributed by atoms with Crippen LogP contribution < -0.4 is 10.6 Å². The number of imidazole rings is 1. The molecule has 0 aliphatic carbocycles. The summed E-state index contributed by atoms with van der Waals surface area (Å²) in [5.41, 5.74) is 3.66. The van der Waals surface area contributed by atoms with Crippen molar-refractivity contribution in [2.24, 2.45) is 13.0 Å². The number of nitrogens with one attached hydrogen (secondary N) is 2. The summed E-state index contributed by atoms with van der Waals surface area (Å²) in [6, 6.07) is 6.58. The summed E-state index contributed by atoms with van der Waals surface area (Å²) in [6.45, 7) is 4.54. The minimum absolute atomic E-state index is 0.818. The highest BCUT2D eigenvalue weighted by Crippen LogP contribution is 2.14. The number of benzene rings is 1. The Morgan fingerprint density at radius 2 is 2.42 bits per heavy atom. The van der Waals surface area contributed by atoms with E-state index in [4.69, 9.17) is 0 Å². The van der Waals surface area contributed by atoms with Crippen molar-refractivity contribution in [1.29, 1.82) is 0 Å². The summed E-state index contributed by atoms with van der Waals surface area (Å²) < 4.78 is 2.06. The highest BCUT2D eigenvalue weighted by Gasteiger charge is 2.13. The van der Waals surface area contributed by atoms with E-state index in [9.17, 15) is 0 Å². The molecule has 4 nitrogen and oxygen atoms in total. The molecule has 1 unspecified atom stereocenters. The molecular weight excluding hydrogens is 236 g/mol. The predicted octanol–water partition coefficient (Wildman–Crippen LogP) is 1.31. The van der Waals surface area contributed by atoms with E-state index in [-0.39, 0.29) is 0 Å². The van der Waals surface area contributed by atoms with E-state index < -0.39 is 0 Å². The molecular formula is C15H22N4. The fraction of sp³-hybridized carbons (Fsp3) is 0.533. The van der Waals surface area contributed by atoms with Crippen LogP contribution in [0.25, 0.3) is 11.0 Å². The first kappa shape index (κ1) is 12.6. The SMILES string of the molecule is Cn1cnc2cc(CCNCC3CCNC3)ccc21. The molecule has 0 saturated carbocycles. The van der Waals surface area contributed by atoms with Crippen LogP contribution in [-0.2, 0) is 13.5 Å². The second kappa shape index (κ2) is 5.72. The van der Waals surface area contributed by atoms with Crippen molar-refractivity contribution in [3.63, 3.8) is 0 Å². The van der Waals surface area contributed by atoms with Gasteiger partial charge < -0.3 is 15.2 Å². The lowest BCUT2D eigenvalue weighted by Gasteiger charge is -2.09. The molecule has 0 radical (unpaired) electrons. The summed E-state index contributed by atoms with van der Waals surface area (Å²) in [6.07, 6.45) is 4.26. The molecule has 2 aromatic rings. The average Bonchev–Trinajstić information content (AvgIpc) is 3.05. The van der Waals surface area contributed by atoms with Crippen LogP contribution in [0.15, 0.2) is 24.5 Å². The first-order valence-corrected chi connectivity index (χ1v) is 7.14. The van der Waals surface area contributed by atoms with Gasteiger partial charge in [0.2, 0.25) is 0 Å². The summed E-state index contributed by atoms with van der Waals surface area (Å²) in [5.74, 6) is 0.818. The molecule has 19 heavy (non-hydrogen) atoms. The van der Waals surface area contributed by atoms with Gasteiger partial charge in [-0.1, -0.05) is 6.07 Å². The highest BCUT2D eigenvalue weighted by atomic mass is 15.0. The van der Waals surface area contributed by atoms with Crippen LogP contribution in [0, 0.1) is 5.92 Å². The van der Waals surface area contributed by atoms with Crippen molar-refractivity contribution in [2.45, 2.75) is 12.8 Å². The van der Waals surface area contributed by atoms with Crippen LogP contribution in [0.2, 0.25) is 0 Å². The molecule has 1 saturated heterocycles. The maximum Gasteiger partial charge on any atom is 0.0955 e. The van der Waals surface area contributed by atoms with Crippen LogP contribution in [-0.4, -0.2) is 35.7 Å². The number of nitrogens with zero attached hydrogens (tertiary/aromatic N) is 2. The number of hydrogen-bond acceptors (Lipinski definition) is 3. The van der Waals surface area contributed by atoms with Crippen LogP contribution in [0.3, 0.4) is 0 Å². The van der Waals surface area contributed by atoms with Gasteiger partial charge in [-0.3, -0.25) is 0 Å². The molecule has 3 rings (SSSR count). The van der Waals surface area contributed by atoms with E-state index in [1.165, 1.54) is 30.6 Å². The zero-order valence-corrected chi connectivity index (χ0v) is 11.5. The Labute approximate surface area is 114 Å². The minimum Gasteiger partial charge on any atom is -0.334 e. The van der Waals surface area contributed by atoms with Gasteiger partial charge in [-0.15, -0.1) is 0 Å². The molecule has 1 aromatic carbocycles. The molecule has 1 aliphatic rings. The maximum absolute atomic E-state index is 4.40. The highest BCUT2D eigenvalue weighted by molar-refractivity contribution is 5.75. The van der Waals surface area contributed by atoms with Crippen LogP contribution in [0.5, 0.6) is 0 Å². The third-order valence-corrected chi connectivity index (χ3v) is 3.98. The van der Waals surface area contributed by atoms with Gasteiger partial charge in [0.15, 0.2) is 0 Å². The second-order valence-corrected chi connectivity index (χ2v) is 5.49. The van der Waals surface area contributed by atoms with E-state index in [1.807, 2.05) is 13.4 Å². The van der Waals surface area contributed by atoms with Crippen molar-refractivity contribution in [3.05, 3.63) is 30.1 Å². The van der Waals surface area contributed by atoms with Crippen molar-refractivity contribution < 1.29 is 0 Å². The van der Waals surface area contributed by atoms with Crippen LogP contribution >= 0.6 is 0 Å². The lowest BCUT2D eigenvalue weighted by atomic mass is 10.1. The van der Waals surface area contributed by atoms with Crippen molar-refractivity contribution in [1.82, 2.24) is 20.2 Å². The monoisotopic (exact) mass is 258 g/mol. The standard InChI is InChI=1S/C15H22N4/c1-19-11-18-14-8-12(2-3-15(14)19)4-6-16-9-13-5-7-17-10-13/h2-3,8,11,13,16-17H,4-7,9-10H2,1H3. The van der Waals surface area contributed by atoms with E-state index in [2.05, 4.69) is 38.4 Å². The molecule has 102 valence electrons. The van der Waals surface area contributed by atoms with Crippen molar-refractivity contribution in [3.8, 4) is 0 Å². The molecule has 1 fully saturated rings. The Morgan fingerprint density at radius 3 is 3.26 bits per heavy atom. The van der Waals surface area contributed by atoms with E-state index >= 15 is 0 Å². The number of rotatable bonds is 5. The van der Waals surface area contributed by atoms with Gasteiger partial charge in [0, 0.05) is 7.05 Å². The number of aryl methyl sites for hydroxylation is 1. The van der Waals surface area contributed by atoms with Gasteiger partial charge in [-0.2, -0.15) is 0 Å². The Kier molecular flexibility index (Phi) is 3.80. The van der Waals surface area contributed by atoms with Crippen molar-refractivity contribution >= 4 is 11.0 Å². The molecule has 0 spiro atoms. The third-order valence-electron chi connectivity index (χ3n) is 3.98. The van der Waals surface area contributed by atoms with Gasteiger partial charge >= 0.3 is 0 Å². The Bertz CT molecular complexity index is 540. The Morgan fingerprint density at radius 1 is 1.47 bits per heavy atom. The summed E-state index contributed by atoms with van der Waals surface area (Å²) in [5, 5.41) is 6.97. The van der Waals surface area contributed by atoms with Gasteiger partial charge in [-0.25, -0.2) is 4.98 Å². The summed E-state index contributed by atoms with van der Waals surface area (Å²) in [7, 11) is 2.03. The zero-order chi connectivity index (χ0) is 13.1. The topological polar surface area (TPSA) is 41.9 Å². The quantitative estimate of drug-likeness (QED) is 0.795. The number of hydrogen-bond donors (Lipinski definition) is 2. The van der Waals surface area contributed by atoms with Crippen molar-refractivity contribution in [2.75, 3.05) is 26.2 Å². The Balaban J connectivity index is 1.50. The van der Waals surface area contributed by atoms with E-state index in [0.717, 1.165) is 30.9 Å².